The van der Waals surface area contributed by atoms with E-state index in [0.717, 1.165) is 29.4 Å². The molecule has 0 aliphatic heterocycles. The lowest BCUT2D eigenvalue weighted by molar-refractivity contribution is 0.0683. The third-order valence-corrected chi connectivity index (χ3v) is 5.77. The molecule has 1 fully saturated rings. The first-order chi connectivity index (χ1) is 14.5. The standard InChI is InChI=1S/C22H17Cl2N3O3/c1-12-16-3-2-4-17(24)20(16)30-19(12)22(28)27(15-9-10-15)11-18-25-26-21(29-18)13-5-7-14(23)8-6-13/h2-8,15H,9-11H2,1H3. The molecule has 0 atom stereocenters. The van der Waals surface area contributed by atoms with Crippen molar-refractivity contribution < 1.29 is 13.6 Å². The number of aromatic nitrogens is 2. The molecule has 1 aliphatic rings. The van der Waals surface area contributed by atoms with E-state index in [-0.39, 0.29) is 18.5 Å². The number of rotatable bonds is 5. The molecule has 0 N–H and O–H groups in total. The molecule has 0 saturated heterocycles. The van der Waals surface area contributed by atoms with Gasteiger partial charge in [-0.15, -0.1) is 10.2 Å². The molecule has 2 aromatic heterocycles. The summed E-state index contributed by atoms with van der Waals surface area (Å²) in [7, 11) is 0. The molecule has 0 bridgehead atoms. The Hall–Kier alpha value is -2.83. The van der Waals surface area contributed by atoms with Gasteiger partial charge in [-0.1, -0.05) is 35.3 Å². The van der Waals surface area contributed by atoms with Gasteiger partial charge in [0.1, 0.15) is 0 Å². The van der Waals surface area contributed by atoms with Gasteiger partial charge in [-0.3, -0.25) is 4.79 Å². The van der Waals surface area contributed by atoms with E-state index in [4.69, 9.17) is 32.0 Å². The molecule has 2 aromatic carbocycles. The van der Waals surface area contributed by atoms with Crippen molar-refractivity contribution in [2.24, 2.45) is 0 Å². The van der Waals surface area contributed by atoms with Crippen molar-refractivity contribution in [3.05, 3.63) is 69.7 Å². The molecule has 1 aliphatic carbocycles. The number of halogens is 2. The zero-order chi connectivity index (χ0) is 20.8. The van der Waals surface area contributed by atoms with Crippen molar-refractivity contribution in [2.45, 2.75) is 32.4 Å². The summed E-state index contributed by atoms with van der Waals surface area (Å²) >= 11 is 12.2. The van der Waals surface area contributed by atoms with E-state index in [1.54, 1.807) is 23.1 Å². The van der Waals surface area contributed by atoms with Crippen molar-refractivity contribution in [3.8, 4) is 11.5 Å². The minimum absolute atomic E-state index is 0.131. The molecule has 1 amide bonds. The van der Waals surface area contributed by atoms with Gasteiger partial charge in [-0.25, -0.2) is 0 Å². The Labute approximate surface area is 182 Å². The highest BCUT2D eigenvalue weighted by Gasteiger charge is 2.36. The van der Waals surface area contributed by atoms with Crippen LogP contribution in [0.5, 0.6) is 0 Å². The fraction of sp³-hybridized carbons (Fsp3) is 0.227. The Kier molecular flexibility index (Phi) is 4.76. The second-order valence-electron chi connectivity index (χ2n) is 7.34. The number of amides is 1. The van der Waals surface area contributed by atoms with Crippen LogP contribution in [0.3, 0.4) is 0 Å². The van der Waals surface area contributed by atoms with E-state index in [0.29, 0.717) is 33.2 Å². The van der Waals surface area contributed by atoms with Crippen LogP contribution in [-0.2, 0) is 6.54 Å². The summed E-state index contributed by atoms with van der Waals surface area (Å²) in [5.41, 5.74) is 2.07. The lowest BCUT2D eigenvalue weighted by atomic mass is 10.1. The van der Waals surface area contributed by atoms with Crippen molar-refractivity contribution in [1.29, 1.82) is 0 Å². The first-order valence-corrected chi connectivity index (χ1v) is 10.3. The summed E-state index contributed by atoms with van der Waals surface area (Å²) in [4.78, 5) is 15.1. The highest BCUT2D eigenvalue weighted by atomic mass is 35.5. The van der Waals surface area contributed by atoms with Crippen LogP contribution < -0.4 is 0 Å². The van der Waals surface area contributed by atoms with Crippen LogP contribution in [0.25, 0.3) is 22.4 Å². The van der Waals surface area contributed by atoms with E-state index in [1.165, 1.54) is 0 Å². The van der Waals surface area contributed by atoms with Gasteiger partial charge < -0.3 is 13.7 Å². The predicted molar refractivity (Wildman–Crippen MR) is 114 cm³/mol. The first kappa shape index (κ1) is 19.2. The number of hydrogen-bond acceptors (Lipinski definition) is 5. The van der Waals surface area contributed by atoms with Crippen LogP contribution in [0.4, 0.5) is 0 Å². The molecular weight excluding hydrogens is 425 g/mol. The Balaban J connectivity index is 1.43. The molecular formula is C22H17Cl2N3O3. The molecule has 6 nitrogen and oxygen atoms in total. The summed E-state index contributed by atoms with van der Waals surface area (Å²) in [6.45, 7) is 2.08. The minimum Gasteiger partial charge on any atom is -0.449 e. The van der Waals surface area contributed by atoms with Gasteiger partial charge in [0.2, 0.25) is 11.8 Å². The summed E-state index contributed by atoms with van der Waals surface area (Å²) in [5.74, 6) is 0.847. The van der Waals surface area contributed by atoms with Crippen molar-refractivity contribution in [2.75, 3.05) is 0 Å². The van der Waals surface area contributed by atoms with Crippen LogP contribution in [0.15, 0.2) is 51.3 Å². The molecule has 1 saturated carbocycles. The molecule has 0 unspecified atom stereocenters. The number of para-hydroxylation sites is 1. The molecule has 0 spiro atoms. The van der Waals surface area contributed by atoms with Crippen molar-refractivity contribution >= 4 is 40.1 Å². The van der Waals surface area contributed by atoms with Gasteiger partial charge in [0.25, 0.3) is 5.91 Å². The maximum absolute atomic E-state index is 13.3. The van der Waals surface area contributed by atoms with Crippen LogP contribution in [0, 0.1) is 6.92 Å². The van der Waals surface area contributed by atoms with E-state index in [2.05, 4.69) is 10.2 Å². The monoisotopic (exact) mass is 441 g/mol. The fourth-order valence-electron chi connectivity index (χ4n) is 3.47. The summed E-state index contributed by atoms with van der Waals surface area (Å²) < 4.78 is 11.7. The highest BCUT2D eigenvalue weighted by molar-refractivity contribution is 6.35. The SMILES string of the molecule is Cc1c(C(=O)N(Cc2nnc(-c3ccc(Cl)cc3)o2)C2CC2)oc2c(Cl)cccc12. The zero-order valence-corrected chi connectivity index (χ0v) is 17.6. The number of hydrogen-bond donors (Lipinski definition) is 0. The maximum Gasteiger partial charge on any atom is 0.290 e. The van der Waals surface area contributed by atoms with E-state index in [1.807, 2.05) is 31.2 Å². The topological polar surface area (TPSA) is 72.4 Å². The summed E-state index contributed by atoms with van der Waals surface area (Å²) in [5, 5.41) is 10.2. The predicted octanol–water partition coefficient (Wildman–Crippen LogP) is 5.90. The third-order valence-electron chi connectivity index (χ3n) is 5.22. The molecule has 5 rings (SSSR count). The molecule has 152 valence electrons. The molecule has 0 radical (unpaired) electrons. The van der Waals surface area contributed by atoms with Gasteiger partial charge >= 0.3 is 0 Å². The smallest absolute Gasteiger partial charge is 0.290 e. The quantitative estimate of drug-likeness (QED) is 0.385. The lowest BCUT2D eigenvalue weighted by Gasteiger charge is -2.19. The Morgan fingerprint density at radius 2 is 1.87 bits per heavy atom. The molecule has 8 heteroatoms. The molecule has 4 aromatic rings. The van der Waals surface area contributed by atoms with E-state index < -0.39 is 0 Å². The number of furan rings is 1. The maximum atomic E-state index is 13.3. The largest absolute Gasteiger partial charge is 0.449 e. The second-order valence-corrected chi connectivity index (χ2v) is 8.19. The average molecular weight is 442 g/mol. The first-order valence-electron chi connectivity index (χ1n) is 9.58. The van der Waals surface area contributed by atoms with Gasteiger partial charge in [0.05, 0.1) is 11.6 Å². The summed E-state index contributed by atoms with van der Waals surface area (Å²) in [6, 6.07) is 12.8. The normalized spacial score (nSPS) is 13.7. The minimum atomic E-state index is -0.200. The van der Waals surface area contributed by atoms with Crippen LogP contribution in [0.2, 0.25) is 10.0 Å². The number of aryl methyl sites for hydroxylation is 1. The number of fused-ring (bicyclic) bond motifs is 1. The number of carbonyl (C=O) groups excluding carboxylic acids is 1. The van der Waals surface area contributed by atoms with Crippen molar-refractivity contribution in [1.82, 2.24) is 15.1 Å². The Morgan fingerprint density at radius 3 is 2.57 bits per heavy atom. The van der Waals surface area contributed by atoms with Gasteiger partial charge in [-0.2, -0.15) is 0 Å². The number of benzene rings is 2. The van der Waals surface area contributed by atoms with E-state index >= 15 is 0 Å². The molecule has 2 heterocycles. The van der Waals surface area contributed by atoms with Gasteiger partial charge in [0, 0.05) is 27.6 Å². The van der Waals surface area contributed by atoms with E-state index in [9.17, 15) is 4.79 Å². The van der Waals surface area contributed by atoms with Crippen molar-refractivity contribution in [3.63, 3.8) is 0 Å². The lowest BCUT2D eigenvalue weighted by Crippen LogP contribution is -2.32. The van der Waals surface area contributed by atoms with Gasteiger partial charge in [0.15, 0.2) is 11.3 Å². The fourth-order valence-corrected chi connectivity index (χ4v) is 3.81. The third kappa shape index (κ3) is 3.46. The van der Waals surface area contributed by atoms with Crippen LogP contribution in [-0.4, -0.2) is 27.0 Å². The molecule has 30 heavy (non-hydrogen) atoms. The Bertz CT molecular complexity index is 1240. The highest BCUT2D eigenvalue weighted by Crippen LogP contribution is 2.35. The van der Waals surface area contributed by atoms with Gasteiger partial charge in [-0.05, 0) is 50.1 Å². The Morgan fingerprint density at radius 1 is 1.10 bits per heavy atom. The zero-order valence-electron chi connectivity index (χ0n) is 16.1. The average Bonchev–Trinajstić information content (AvgIpc) is 3.38. The van der Waals surface area contributed by atoms with Crippen LogP contribution >= 0.6 is 23.2 Å². The summed E-state index contributed by atoms with van der Waals surface area (Å²) in [6.07, 6.45) is 1.87. The second kappa shape index (κ2) is 7.45. The number of carbonyl (C=O) groups is 1. The number of nitrogens with zero attached hydrogens (tertiary/aromatic N) is 3. The van der Waals surface area contributed by atoms with Crippen LogP contribution in [0.1, 0.15) is 34.9 Å².